The van der Waals surface area contributed by atoms with Crippen molar-refractivity contribution in [2.45, 2.75) is 26.7 Å². The Morgan fingerprint density at radius 1 is 1.00 bits per heavy atom. The molecule has 3 aromatic rings. The van der Waals surface area contributed by atoms with E-state index in [0.29, 0.717) is 17.1 Å². The molecule has 0 aliphatic carbocycles. The van der Waals surface area contributed by atoms with Gasteiger partial charge in [0.25, 0.3) is 0 Å². The predicted molar refractivity (Wildman–Crippen MR) is 109 cm³/mol. The molecule has 0 radical (unpaired) electrons. The summed E-state index contributed by atoms with van der Waals surface area (Å²) in [6.07, 6.45) is 3.39. The average Bonchev–Trinajstić information content (AvgIpc) is 2.74. The number of rotatable bonds is 7. The van der Waals surface area contributed by atoms with Crippen LogP contribution in [-0.4, -0.2) is 28.3 Å². The molecule has 0 bridgehead atoms. The van der Waals surface area contributed by atoms with Crippen LogP contribution >= 0.6 is 0 Å². The fourth-order valence-corrected chi connectivity index (χ4v) is 2.95. The lowest BCUT2D eigenvalue weighted by Crippen LogP contribution is -2.08. The van der Waals surface area contributed by atoms with Crippen LogP contribution in [0.25, 0.3) is 0 Å². The van der Waals surface area contributed by atoms with Crippen LogP contribution in [0.2, 0.25) is 0 Å². The first-order valence-corrected chi connectivity index (χ1v) is 9.18. The molecule has 0 amide bonds. The largest absolute Gasteiger partial charge is 0.465 e. The first kappa shape index (κ1) is 19.3. The Morgan fingerprint density at radius 3 is 2.39 bits per heavy atom. The van der Waals surface area contributed by atoms with Crippen molar-refractivity contribution in [3.8, 4) is 0 Å². The Kier molecular flexibility index (Phi) is 6.16. The number of methoxy groups -OCH3 is 1. The third-order valence-corrected chi connectivity index (χ3v) is 4.39. The molecular weight excluding hydrogens is 354 g/mol. The molecule has 1 aromatic heterocycles. The first-order valence-electron chi connectivity index (χ1n) is 9.18. The molecule has 0 saturated heterocycles. The van der Waals surface area contributed by atoms with E-state index in [0.717, 1.165) is 18.5 Å². The topological polar surface area (TPSA) is 89.0 Å². The number of carbonyl (C=O) groups excluding carboxylic acids is 1. The molecule has 3 rings (SSSR count). The van der Waals surface area contributed by atoms with Gasteiger partial charge in [-0.25, -0.2) is 4.79 Å². The van der Waals surface area contributed by atoms with Crippen LogP contribution < -0.4 is 10.6 Å². The van der Waals surface area contributed by atoms with Gasteiger partial charge in [-0.15, -0.1) is 5.10 Å². The van der Waals surface area contributed by atoms with Gasteiger partial charge in [0.15, 0.2) is 5.82 Å². The maximum Gasteiger partial charge on any atom is 0.339 e. The van der Waals surface area contributed by atoms with Gasteiger partial charge < -0.3 is 15.4 Å². The van der Waals surface area contributed by atoms with Crippen LogP contribution in [0.15, 0.2) is 48.7 Å². The second-order valence-corrected chi connectivity index (χ2v) is 6.11. The molecule has 0 atom stereocenters. The molecule has 2 N–H and O–H groups in total. The lowest BCUT2D eigenvalue weighted by molar-refractivity contribution is 0.0602. The molecule has 0 aliphatic heterocycles. The summed E-state index contributed by atoms with van der Waals surface area (Å²) < 4.78 is 4.82. The summed E-state index contributed by atoms with van der Waals surface area (Å²) >= 11 is 0. The lowest BCUT2D eigenvalue weighted by Gasteiger charge is -2.15. The summed E-state index contributed by atoms with van der Waals surface area (Å²) in [6.45, 7) is 4.24. The Labute approximate surface area is 164 Å². The van der Waals surface area contributed by atoms with Gasteiger partial charge in [-0.3, -0.25) is 0 Å². The number of nitrogens with one attached hydrogen (secondary N) is 2. The fourth-order valence-electron chi connectivity index (χ4n) is 2.95. The van der Waals surface area contributed by atoms with Crippen LogP contribution in [0.4, 0.5) is 23.1 Å². The molecule has 0 unspecified atom stereocenters. The number of carbonyl (C=O) groups is 1. The zero-order valence-corrected chi connectivity index (χ0v) is 16.2. The number of nitrogens with zero attached hydrogens (tertiary/aromatic N) is 3. The Bertz CT molecular complexity index is 952. The molecule has 2 aromatic carbocycles. The van der Waals surface area contributed by atoms with E-state index >= 15 is 0 Å². The van der Waals surface area contributed by atoms with E-state index in [1.54, 1.807) is 24.4 Å². The van der Waals surface area contributed by atoms with Gasteiger partial charge in [-0.05, 0) is 36.1 Å². The van der Waals surface area contributed by atoms with Crippen LogP contribution in [0.5, 0.6) is 0 Å². The van der Waals surface area contributed by atoms with E-state index in [-0.39, 0.29) is 5.95 Å². The van der Waals surface area contributed by atoms with Gasteiger partial charge in [0, 0.05) is 5.69 Å². The van der Waals surface area contributed by atoms with E-state index < -0.39 is 5.97 Å². The molecule has 1 heterocycles. The second-order valence-electron chi connectivity index (χ2n) is 6.11. The van der Waals surface area contributed by atoms with Gasteiger partial charge in [-0.1, -0.05) is 44.2 Å². The monoisotopic (exact) mass is 377 g/mol. The van der Waals surface area contributed by atoms with Gasteiger partial charge in [0.05, 0.1) is 24.6 Å². The highest BCUT2D eigenvalue weighted by Crippen LogP contribution is 2.26. The first-order chi connectivity index (χ1) is 13.7. The van der Waals surface area contributed by atoms with Crippen molar-refractivity contribution in [3.63, 3.8) is 0 Å². The second kappa shape index (κ2) is 8.94. The lowest BCUT2D eigenvalue weighted by atomic mass is 10.0. The molecule has 7 nitrogen and oxygen atoms in total. The Balaban J connectivity index is 1.88. The summed E-state index contributed by atoms with van der Waals surface area (Å²) in [5.41, 5.74) is 4.42. The average molecular weight is 377 g/mol. The summed E-state index contributed by atoms with van der Waals surface area (Å²) in [5.74, 6) is 0.423. The molecule has 0 aliphatic rings. The smallest absolute Gasteiger partial charge is 0.339 e. The third-order valence-electron chi connectivity index (χ3n) is 4.39. The fraction of sp³-hybridized carbons (Fsp3) is 0.238. The summed E-state index contributed by atoms with van der Waals surface area (Å²) in [6, 6.07) is 13.3. The van der Waals surface area contributed by atoms with Crippen molar-refractivity contribution in [1.82, 2.24) is 15.2 Å². The molecular formula is C21H23N5O2. The number of aryl methyl sites for hydroxylation is 2. The van der Waals surface area contributed by atoms with Gasteiger partial charge >= 0.3 is 5.97 Å². The molecule has 7 heteroatoms. The molecule has 28 heavy (non-hydrogen) atoms. The number of hydrogen-bond donors (Lipinski definition) is 2. The maximum atomic E-state index is 11.9. The number of para-hydroxylation sites is 2. The quantitative estimate of drug-likeness (QED) is 0.594. The molecule has 144 valence electrons. The maximum absolute atomic E-state index is 11.9. The minimum absolute atomic E-state index is 0.286. The number of esters is 1. The summed E-state index contributed by atoms with van der Waals surface area (Å²) in [4.78, 5) is 16.4. The summed E-state index contributed by atoms with van der Waals surface area (Å²) in [7, 11) is 1.35. The van der Waals surface area contributed by atoms with Crippen LogP contribution in [0.1, 0.15) is 35.3 Å². The van der Waals surface area contributed by atoms with Crippen LogP contribution in [0.3, 0.4) is 0 Å². The van der Waals surface area contributed by atoms with Crippen LogP contribution in [-0.2, 0) is 17.6 Å². The zero-order chi connectivity index (χ0) is 19.9. The van der Waals surface area contributed by atoms with E-state index in [4.69, 9.17) is 4.74 Å². The van der Waals surface area contributed by atoms with Crippen LogP contribution in [0, 0.1) is 0 Å². The van der Waals surface area contributed by atoms with E-state index in [2.05, 4.69) is 57.9 Å². The highest BCUT2D eigenvalue weighted by molar-refractivity contribution is 5.96. The van der Waals surface area contributed by atoms with Crippen molar-refractivity contribution in [2.75, 3.05) is 17.7 Å². The van der Waals surface area contributed by atoms with Gasteiger partial charge in [0.1, 0.15) is 0 Å². The molecule has 0 fully saturated rings. The number of aromatic nitrogens is 3. The SMILES string of the molecule is CCc1cccc(CC)c1Nc1cnnc(Nc2ccccc2C(=O)OC)n1. The minimum atomic E-state index is -0.435. The van der Waals surface area contributed by atoms with Gasteiger partial charge in [-0.2, -0.15) is 10.1 Å². The number of anilines is 4. The predicted octanol–water partition coefficient (Wildman–Crippen LogP) is 4.27. The number of hydrogen-bond acceptors (Lipinski definition) is 7. The van der Waals surface area contributed by atoms with Crippen molar-refractivity contribution < 1.29 is 9.53 Å². The highest BCUT2D eigenvalue weighted by Gasteiger charge is 2.13. The van der Waals surface area contributed by atoms with Crippen molar-refractivity contribution in [2.24, 2.45) is 0 Å². The van der Waals surface area contributed by atoms with Crippen molar-refractivity contribution in [3.05, 3.63) is 65.4 Å². The number of ether oxygens (including phenoxy) is 1. The third kappa shape index (κ3) is 4.25. The minimum Gasteiger partial charge on any atom is -0.465 e. The van der Waals surface area contributed by atoms with E-state index in [9.17, 15) is 4.79 Å². The normalized spacial score (nSPS) is 10.4. The van der Waals surface area contributed by atoms with Crippen molar-refractivity contribution in [1.29, 1.82) is 0 Å². The highest BCUT2D eigenvalue weighted by atomic mass is 16.5. The zero-order valence-electron chi connectivity index (χ0n) is 16.2. The number of benzene rings is 2. The Hall–Kier alpha value is -3.48. The van der Waals surface area contributed by atoms with Crippen molar-refractivity contribution >= 4 is 29.1 Å². The molecule has 0 spiro atoms. The van der Waals surface area contributed by atoms with Gasteiger partial charge in [0.2, 0.25) is 5.95 Å². The Morgan fingerprint density at radius 2 is 1.71 bits per heavy atom. The summed E-state index contributed by atoms with van der Waals surface area (Å²) in [5, 5.41) is 14.5. The molecule has 0 saturated carbocycles. The van der Waals surface area contributed by atoms with E-state index in [1.807, 2.05) is 6.07 Å². The standard InChI is InChI=1S/C21H23N5O2/c1-4-14-9-8-10-15(5-2)19(14)24-18-13-22-26-21(25-18)23-17-12-7-6-11-16(17)20(27)28-3/h6-13H,4-5H2,1-3H3,(H2,23,24,25,26). The van der Waals surface area contributed by atoms with E-state index in [1.165, 1.54) is 18.2 Å².